The molecule has 1 amide bonds. The van der Waals surface area contributed by atoms with E-state index in [0.29, 0.717) is 13.0 Å². The van der Waals surface area contributed by atoms with Crippen molar-refractivity contribution in [1.82, 2.24) is 15.5 Å². The average Bonchev–Trinajstić information content (AvgIpc) is 2.93. The SMILES string of the molecule is CC(NC(=O)CC1(CN)CCCCC1)c1cn[nH]c1.Cl. The van der Waals surface area contributed by atoms with Crippen LogP contribution in [0.5, 0.6) is 0 Å². The number of hydrogen-bond donors (Lipinski definition) is 3. The molecule has 1 saturated carbocycles. The van der Waals surface area contributed by atoms with Gasteiger partial charge in [-0.2, -0.15) is 5.10 Å². The van der Waals surface area contributed by atoms with Crippen molar-refractivity contribution >= 4 is 18.3 Å². The fourth-order valence-electron chi connectivity index (χ4n) is 2.97. The van der Waals surface area contributed by atoms with Crippen LogP contribution in [0.3, 0.4) is 0 Å². The maximum Gasteiger partial charge on any atom is 0.221 e. The smallest absolute Gasteiger partial charge is 0.221 e. The number of aromatic amines is 1. The number of nitrogens with two attached hydrogens (primary N) is 1. The van der Waals surface area contributed by atoms with E-state index in [-0.39, 0.29) is 29.8 Å². The highest BCUT2D eigenvalue weighted by molar-refractivity contribution is 5.85. The predicted octanol–water partition coefficient (Wildman–Crippen LogP) is 2.31. The molecule has 4 N–H and O–H groups in total. The molecule has 0 aromatic carbocycles. The highest BCUT2D eigenvalue weighted by Gasteiger charge is 2.33. The number of carbonyl (C=O) groups is 1. The molecule has 1 aromatic rings. The molecule has 114 valence electrons. The van der Waals surface area contributed by atoms with E-state index in [1.807, 2.05) is 13.1 Å². The second kappa shape index (κ2) is 7.64. The normalized spacial score (nSPS) is 18.9. The summed E-state index contributed by atoms with van der Waals surface area (Å²) >= 11 is 0. The zero-order valence-electron chi connectivity index (χ0n) is 12.0. The summed E-state index contributed by atoms with van der Waals surface area (Å²) in [5.41, 5.74) is 6.94. The molecule has 0 radical (unpaired) electrons. The van der Waals surface area contributed by atoms with Gasteiger partial charge in [0.15, 0.2) is 0 Å². The molecule has 1 aliphatic rings. The molecular weight excluding hydrogens is 276 g/mol. The van der Waals surface area contributed by atoms with Crippen molar-refractivity contribution in [3.63, 3.8) is 0 Å². The quantitative estimate of drug-likeness (QED) is 0.780. The molecule has 0 aliphatic heterocycles. The van der Waals surface area contributed by atoms with Crippen LogP contribution in [0.1, 0.15) is 57.1 Å². The molecule has 1 fully saturated rings. The molecular formula is C14H25ClN4O. The van der Waals surface area contributed by atoms with Gasteiger partial charge >= 0.3 is 0 Å². The van der Waals surface area contributed by atoms with E-state index in [9.17, 15) is 4.79 Å². The van der Waals surface area contributed by atoms with Gasteiger partial charge in [-0.15, -0.1) is 12.4 Å². The second-order valence-corrected chi connectivity index (χ2v) is 5.76. The predicted molar refractivity (Wildman–Crippen MR) is 81.6 cm³/mol. The summed E-state index contributed by atoms with van der Waals surface area (Å²) in [6.45, 7) is 2.58. The Balaban J connectivity index is 0.00000200. The van der Waals surface area contributed by atoms with Crippen LogP contribution in [-0.2, 0) is 4.79 Å². The molecule has 0 spiro atoms. The molecule has 0 saturated heterocycles. The summed E-state index contributed by atoms with van der Waals surface area (Å²) in [6.07, 6.45) is 9.92. The van der Waals surface area contributed by atoms with Gasteiger partial charge in [0.05, 0.1) is 12.2 Å². The lowest BCUT2D eigenvalue weighted by atomic mass is 9.71. The van der Waals surface area contributed by atoms with E-state index >= 15 is 0 Å². The lowest BCUT2D eigenvalue weighted by molar-refractivity contribution is -0.124. The Hall–Kier alpha value is -1.07. The molecule has 6 heteroatoms. The van der Waals surface area contributed by atoms with Crippen molar-refractivity contribution < 1.29 is 4.79 Å². The van der Waals surface area contributed by atoms with E-state index in [1.54, 1.807) is 6.20 Å². The topological polar surface area (TPSA) is 83.8 Å². The van der Waals surface area contributed by atoms with E-state index in [0.717, 1.165) is 18.4 Å². The number of nitrogens with one attached hydrogen (secondary N) is 2. The van der Waals surface area contributed by atoms with Crippen LogP contribution in [0, 0.1) is 5.41 Å². The van der Waals surface area contributed by atoms with Gasteiger partial charge in [-0.3, -0.25) is 9.89 Å². The van der Waals surface area contributed by atoms with Crippen LogP contribution in [0.2, 0.25) is 0 Å². The number of hydrogen-bond acceptors (Lipinski definition) is 3. The molecule has 2 rings (SSSR count). The standard InChI is InChI=1S/C14H24N4O.ClH/c1-11(12-8-16-17-9-12)18-13(19)7-14(10-15)5-3-2-4-6-14;/h8-9,11H,2-7,10,15H2,1H3,(H,16,17)(H,18,19);1H. The minimum atomic E-state index is -0.00957. The summed E-state index contributed by atoms with van der Waals surface area (Å²) in [4.78, 5) is 12.2. The van der Waals surface area contributed by atoms with E-state index in [2.05, 4.69) is 15.5 Å². The van der Waals surface area contributed by atoms with Gasteiger partial charge in [0.2, 0.25) is 5.91 Å². The highest BCUT2D eigenvalue weighted by Crippen LogP contribution is 2.38. The van der Waals surface area contributed by atoms with Crippen molar-refractivity contribution in [3.05, 3.63) is 18.0 Å². The second-order valence-electron chi connectivity index (χ2n) is 5.76. The molecule has 0 bridgehead atoms. The lowest BCUT2D eigenvalue weighted by Crippen LogP contribution is -2.39. The van der Waals surface area contributed by atoms with E-state index in [4.69, 9.17) is 5.73 Å². The fourth-order valence-corrected chi connectivity index (χ4v) is 2.97. The number of nitrogens with zero attached hydrogens (tertiary/aromatic N) is 1. The fraction of sp³-hybridized carbons (Fsp3) is 0.714. The third kappa shape index (κ3) is 4.21. The van der Waals surface area contributed by atoms with Crippen LogP contribution < -0.4 is 11.1 Å². The molecule has 1 aliphatic carbocycles. The summed E-state index contributed by atoms with van der Waals surface area (Å²) in [7, 11) is 0. The monoisotopic (exact) mass is 300 g/mol. The molecule has 20 heavy (non-hydrogen) atoms. The number of aromatic nitrogens is 2. The Kier molecular flexibility index (Phi) is 6.49. The number of rotatable bonds is 5. The summed E-state index contributed by atoms with van der Waals surface area (Å²) < 4.78 is 0. The van der Waals surface area contributed by atoms with Crippen molar-refractivity contribution in [2.24, 2.45) is 11.1 Å². The largest absolute Gasteiger partial charge is 0.349 e. The van der Waals surface area contributed by atoms with Crippen molar-refractivity contribution in [1.29, 1.82) is 0 Å². The van der Waals surface area contributed by atoms with Gasteiger partial charge in [0.25, 0.3) is 0 Å². The minimum Gasteiger partial charge on any atom is -0.349 e. The zero-order valence-corrected chi connectivity index (χ0v) is 12.8. The van der Waals surface area contributed by atoms with Gasteiger partial charge in [0.1, 0.15) is 0 Å². The van der Waals surface area contributed by atoms with Crippen LogP contribution in [0.15, 0.2) is 12.4 Å². The van der Waals surface area contributed by atoms with E-state index in [1.165, 1.54) is 19.3 Å². The first-order valence-electron chi connectivity index (χ1n) is 7.13. The minimum absolute atomic E-state index is 0. The molecule has 1 aromatic heterocycles. The van der Waals surface area contributed by atoms with Gasteiger partial charge in [-0.25, -0.2) is 0 Å². The number of amides is 1. The van der Waals surface area contributed by atoms with Crippen molar-refractivity contribution in [2.75, 3.05) is 6.54 Å². The summed E-state index contributed by atoms with van der Waals surface area (Å²) in [5, 5.41) is 9.70. The average molecular weight is 301 g/mol. The zero-order chi connectivity index (χ0) is 13.7. The van der Waals surface area contributed by atoms with Gasteiger partial charge in [0, 0.05) is 18.2 Å². The third-order valence-corrected chi connectivity index (χ3v) is 4.28. The van der Waals surface area contributed by atoms with Crippen LogP contribution in [-0.4, -0.2) is 22.6 Å². The van der Waals surface area contributed by atoms with Gasteiger partial charge in [-0.05, 0) is 31.7 Å². The first-order valence-corrected chi connectivity index (χ1v) is 7.13. The van der Waals surface area contributed by atoms with Gasteiger partial charge in [-0.1, -0.05) is 19.3 Å². The molecule has 1 atom stereocenters. The Morgan fingerprint density at radius 2 is 2.20 bits per heavy atom. The Morgan fingerprint density at radius 3 is 2.75 bits per heavy atom. The molecule has 1 unspecified atom stereocenters. The molecule has 5 nitrogen and oxygen atoms in total. The first-order chi connectivity index (χ1) is 9.15. The number of halogens is 1. The summed E-state index contributed by atoms with van der Waals surface area (Å²) in [5.74, 6) is 0.0982. The Bertz CT molecular complexity index is 401. The Morgan fingerprint density at radius 1 is 1.50 bits per heavy atom. The number of H-pyrrole nitrogens is 1. The summed E-state index contributed by atoms with van der Waals surface area (Å²) in [6, 6.07) is -0.00957. The Labute approximate surface area is 126 Å². The van der Waals surface area contributed by atoms with Crippen LogP contribution >= 0.6 is 12.4 Å². The van der Waals surface area contributed by atoms with Crippen LogP contribution in [0.25, 0.3) is 0 Å². The van der Waals surface area contributed by atoms with Crippen LogP contribution in [0.4, 0.5) is 0 Å². The van der Waals surface area contributed by atoms with E-state index < -0.39 is 0 Å². The van der Waals surface area contributed by atoms with Gasteiger partial charge < -0.3 is 11.1 Å². The maximum atomic E-state index is 12.2. The maximum absolute atomic E-state index is 12.2. The molecule has 1 heterocycles. The third-order valence-electron chi connectivity index (χ3n) is 4.28. The first kappa shape index (κ1) is 17.0. The lowest BCUT2D eigenvalue weighted by Gasteiger charge is -2.35. The number of carbonyl (C=O) groups excluding carboxylic acids is 1. The van der Waals surface area contributed by atoms with Crippen molar-refractivity contribution in [3.8, 4) is 0 Å². The highest BCUT2D eigenvalue weighted by atomic mass is 35.5. The van der Waals surface area contributed by atoms with Crippen molar-refractivity contribution in [2.45, 2.75) is 51.5 Å².